The average Bonchev–Trinajstić information content (AvgIpc) is 2.68. The number of ether oxygens (including phenoxy) is 1. The van der Waals surface area contributed by atoms with Crippen LogP contribution in [-0.2, 0) is 0 Å². The first kappa shape index (κ1) is 19.0. The van der Waals surface area contributed by atoms with Crippen LogP contribution in [0.5, 0.6) is 5.75 Å². The minimum absolute atomic E-state index is 0.0838. The first-order chi connectivity index (χ1) is 13.5. The maximum atomic E-state index is 9.77. The lowest BCUT2D eigenvalue weighted by atomic mass is 9.80. The molecule has 1 atom stereocenters. The summed E-state index contributed by atoms with van der Waals surface area (Å²) in [7, 11) is 0. The second-order valence-corrected chi connectivity index (χ2v) is 7.22. The van der Waals surface area contributed by atoms with Gasteiger partial charge in [0.25, 0.3) is 5.70 Å². The number of fused-ring (bicyclic) bond motifs is 3. The SMILES string of the molecule is [C-]#[N+]/C(C#N)=C(/CC(C)C)CC1C(C#N)=C(N)Oc2ccc3ccccc3c21. The van der Waals surface area contributed by atoms with Crippen LogP contribution in [0, 0.1) is 35.2 Å². The van der Waals surface area contributed by atoms with Gasteiger partial charge in [0.05, 0.1) is 18.2 Å². The van der Waals surface area contributed by atoms with Crippen molar-refractivity contribution in [1.82, 2.24) is 0 Å². The molecule has 0 radical (unpaired) electrons. The topological polar surface area (TPSA) is 87.2 Å². The highest BCUT2D eigenvalue weighted by molar-refractivity contribution is 5.89. The molecule has 0 spiro atoms. The highest BCUT2D eigenvalue weighted by atomic mass is 16.5. The number of rotatable bonds is 4. The van der Waals surface area contributed by atoms with Crippen molar-refractivity contribution in [1.29, 1.82) is 10.5 Å². The summed E-state index contributed by atoms with van der Waals surface area (Å²) in [6, 6.07) is 15.9. The average molecular weight is 368 g/mol. The quantitative estimate of drug-likeness (QED) is 0.598. The molecule has 0 bridgehead atoms. The van der Waals surface area contributed by atoms with Gasteiger partial charge in [-0.3, -0.25) is 0 Å². The van der Waals surface area contributed by atoms with Crippen LogP contribution in [0.1, 0.15) is 38.2 Å². The molecule has 0 saturated heterocycles. The van der Waals surface area contributed by atoms with Gasteiger partial charge in [-0.2, -0.15) is 5.26 Å². The van der Waals surface area contributed by atoms with Gasteiger partial charge in [-0.25, -0.2) is 10.1 Å². The molecular formula is C23H20N4O. The Labute approximate surface area is 164 Å². The molecule has 1 unspecified atom stereocenters. The normalized spacial score (nSPS) is 16.5. The first-order valence-corrected chi connectivity index (χ1v) is 9.09. The molecule has 5 nitrogen and oxygen atoms in total. The summed E-state index contributed by atoms with van der Waals surface area (Å²) in [6.07, 6.45) is 0.999. The molecular weight excluding hydrogens is 348 g/mol. The lowest BCUT2D eigenvalue weighted by Crippen LogP contribution is -2.21. The molecule has 28 heavy (non-hydrogen) atoms. The summed E-state index contributed by atoms with van der Waals surface area (Å²) in [5.41, 5.74) is 8.12. The fraction of sp³-hybridized carbons (Fsp3) is 0.261. The second-order valence-electron chi connectivity index (χ2n) is 7.22. The predicted octanol–water partition coefficient (Wildman–Crippen LogP) is 5.14. The maximum Gasteiger partial charge on any atom is 0.261 e. The van der Waals surface area contributed by atoms with Crippen LogP contribution >= 0.6 is 0 Å². The molecule has 0 saturated carbocycles. The molecule has 1 heterocycles. The Morgan fingerprint density at radius 1 is 1.25 bits per heavy atom. The summed E-state index contributed by atoms with van der Waals surface area (Å²) in [4.78, 5) is 3.42. The van der Waals surface area contributed by atoms with E-state index in [0.29, 0.717) is 24.2 Å². The van der Waals surface area contributed by atoms with Crippen molar-refractivity contribution in [3.8, 4) is 17.9 Å². The van der Waals surface area contributed by atoms with Crippen LogP contribution < -0.4 is 10.5 Å². The van der Waals surface area contributed by atoms with Gasteiger partial charge in [0, 0.05) is 11.5 Å². The third-order valence-electron chi connectivity index (χ3n) is 4.89. The molecule has 2 aromatic carbocycles. The number of nitrogens with zero attached hydrogens (tertiary/aromatic N) is 3. The Morgan fingerprint density at radius 2 is 2.00 bits per heavy atom. The number of hydrogen-bond acceptors (Lipinski definition) is 4. The van der Waals surface area contributed by atoms with Gasteiger partial charge in [-0.05, 0) is 35.6 Å². The monoisotopic (exact) mass is 368 g/mol. The molecule has 5 heteroatoms. The fourth-order valence-corrected chi connectivity index (χ4v) is 3.75. The third kappa shape index (κ3) is 3.41. The Kier molecular flexibility index (Phi) is 5.35. The van der Waals surface area contributed by atoms with E-state index in [1.165, 1.54) is 0 Å². The van der Waals surface area contributed by atoms with Crippen LogP contribution in [0.3, 0.4) is 0 Å². The van der Waals surface area contributed by atoms with Crippen LogP contribution in [0.4, 0.5) is 0 Å². The van der Waals surface area contributed by atoms with Crippen LogP contribution in [0.2, 0.25) is 0 Å². The lowest BCUT2D eigenvalue weighted by Gasteiger charge is -2.28. The van der Waals surface area contributed by atoms with E-state index >= 15 is 0 Å². The fourth-order valence-electron chi connectivity index (χ4n) is 3.75. The Hall–Kier alpha value is -3.75. The zero-order valence-corrected chi connectivity index (χ0v) is 15.9. The highest BCUT2D eigenvalue weighted by Gasteiger charge is 2.32. The van der Waals surface area contributed by atoms with Crippen molar-refractivity contribution in [2.75, 3.05) is 0 Å². The van der Waals surface area contributed by atoms with Crippen molar-refractivity contribution in [3.63, 3.8) is 0 Å². The minimum Gasteiger partial charge on any atom is -0.440 e. The Balaban J connectivity index is 2.23. The van der Waals surface area contributed by atoms with Crippen molar-refractivity contribution in [2.45, 2.75) is 32.6 Å². The van der Waals surface area contributed by atoms with E-state index in [2.05, 4.69) is 10.9 Å². The van der Waals surface area contributed by atoms with Gasteiger partial charge in [-0.1, -0.05) is 49.8 Å². The van der Waals surface area contributed by atoms with E-state index in [9.17, 15) is 10.5 Å². The third-order valence-corrected chi connectivity index (χ3v) is 4.89. The second kappa shape index (κ2) is 7.87. The van der Waals surface area contributed by atoms with E-state index < -0.39 is 0 Å². The number of nitrogens with two attached hydrogens (primary N) is 1. The van der Waals surface area contributed by atoms with Crippen molar-refractivity contribution >= 4 is 10.8 Å². The van der Waals surface area contributed by atoms with E-state index in [1.54, 1.807) is 0 Å². The van der Waals surface area contributed by atoms with Gasteiger partial charge in [0.15, 0.2) is 0 Å². The Morgan fingerprint density at radius 3 is 2.64 bits per heavy atom. The van der Waals surface area contributed by atoms with Crippen molar-refractivity contribution in [3.05, 3.63) is 76.1 Å². The van der Waals surface area contributed by atoms with Gasteiger partial charge in [0.1, 0.15) is 11.8 Å². The molecule has 138 valence electrons. The number of benzene rings is 2. The summed E-state index contributed by atoms with van der Waals surface area (Å²) < 4.78 is 5.74. The van der Waals surface area contributed by atoms with Crippen molar-refractivity contribution < 1.29 is 4.74 Å². The van der Waals surface area contributed by atoms with Crippen LogP contribution in [-0.4, -0.2) is 0 Å². The molecule has 2 N–H and O–H groups in total. The molecule has 0 aromatic heterocycles. The van der Waals surface area contributed by atoms with E-state index in [-0.39, 0.29) is 23.4 Å². The Bertz CT molecular complexity index is 1100. The maximum absolute atomic E-state index is 9.77. The lowest BCUT2D eigenvalue weighted by molar-refractivity contribution is 0.388. The van der Waals surface area contributed by atoms with Gasteiger partial charge in [0.2, 0.25) is 5.88 Å². The number of allylic oxidation sites excluding steroid dienone is 3. The minimum atomic E-state index is -0.362. The summed E-state index contributed by atoms with van der Waals surface area (Å²) in [5, 5.41) is 21.2. The van der Waals surface area contributed by atoms with Crippen LogP contribution in [0.15, 0.2) is 59.1 Å². The molecule has 3 rings (SSSR count). The molecule has 1 aliphatic heterocycles. The standard InChI is InChI=1S/C23H20N4O/c1-14(2)10-16(20(13-25)27-3)11-18-19(12-24)23(26)28-21-9-8-15-6-4-5-7-17(15)22(18)21/h4-9,14,18H,10-11,26H2,1-2H3/b20-16-. The summed E-state index contributed by atoms with van der Waals surface area (Å²) in [5.74, 6) is 0.614. The molecule has 0 aliphatic carbocycles. The predicted molar refractivity (Wildman–Crippen MR) is 107 cm³/mol. The first-order valence-electron chi connectivity index (χ1n) is 9.09. The zero-order valence-electron chi connectivity index (χ0n) is 15.9. The largest absolute Gasteiger partial charge is 0.440 e. The van der Waals surface area contributed by atoms with Gasteiger partial charge in [-0.15, -0.1) is 0 Å². The molecule has 1 aliphatic rings. The number of nitriles is 2. The summed E-state index contributed by atoms with van der Waals surface area (Å²) in [6.45, 7) is 11.5. The van der Waals surface area contributed by atoms with Crippen LogP contribution in [0.25, 0.3) is 15.6 Å². The van der Waals surface area contributed by atoms with Gasteiger partial charge < -0.3 is 10.5 Å². The molecule has 0 fully saturated rings. The van der Waals surface area contributed by atoms with E-state index in [4.69, 9.17) is 17.0 Å². The number of hydrogen-bond donors (Lipinski definition) is 1. The van der Waals surface area contributed by atoms with Gasteiger partial charge >= 0.3 is 0 Å². The molecule has 2 aromatic rings. The van der Waals surface area contributed by atoms with E-state index in [1.807, 2.05) is 56.3 Å². The van der Waals surface area contributed by atoms with Crippen molar-refractivity contribution in [2.24, 2.45) is 11.7 Å². The van der Waals surface area contributed by atoms with E-state index in [0.717, 1.165) is 21.9 Å². The summed E-state index contributed by atoms with van der Waals surface area (Å²) >= 11 is 0. The zero-order chi connectivity index (χ0) is 20.3. The smallest absolute Gasteiger partial charge is 0.261 e. The molecule has 0 amide bonds. The highest BCUT2D eigenvalue weighted by Crippen LogP contribution is 2.45.